The molecule has 10 nitrogen and oxygen atoms in total. The van der Waals surface area contributed by atoms with E-state index in [1.807, 2.05) is 36.4 Å². The first-order valence-corrected chi connectivity index (χ1v) is 12.1. The Balaban J connectivity index is 1.64. The van der Waals surface area contributed by atoms with Crippen molar-refractivity contribution in [1.29, 1.82) is 0 Å². The Kier molecular flexibility index (Phi) is 8.00. The van der Waals surface area contributed by atoms with Gasteiger partial charge in [-0.05, 0) is 41.0 Å². The minimum absolute atomic E-state index is 0.0162. The molecule has 1 aliphatic heterocycles. The molecule has 1 aliphatic rings. The average molecular weight is 515 g/mol. The number of ether oxygens (including phenoxy) is 2. The molecule has 200 valence electrons. The lowest BCUT2D eigenvalue weighted by atomic mass is 9.83. The zero-order valence-corrected chi connectivity index (χ0v) is 20.6. The van der Waals surface area contributed by atoms with Crippen LogP contribution in [0.4, 0.5) is 0 Å². The largest absolute Gasteiger partial charge is 0.656 e. The summed E-state index contributed by atoms with van der Waals surface area (Å²) in [6.07, 6.45) is -4.88. The smallest absolute Gasteiger partial charge is 0.343 e. The van der Waals surface area contributed by atoms with E-state index >= 15 is 0 Å². The fourth-order valence-corrected chi connectivity index (χ4v) is 4.75. The predicted octanol–water partition coefficient (Wildman–Crippen LogP) is 0.471. The summed E-state index contributed by atoms with van der Waals surface area (Å²) in [6, 6.07) is 13.3. The number of hydrogen-bond acceptors (Lipinski definition) is 9. The molecule has 10 heteroatoms. The molecule has 3 aromatic rings. The van der Waals surface area contributed by atoms with Gasteiger partial charge < -0.3 is 45.1 Å². The van der Waals surface area contributed by atoms with Crippen LogP contribution in [0.3, 0.4) is 0 Å². The molecular weight excluding hydrogens is 482 g/mol. The maximum atomic E-state index is 12.8. The zero-order chi connectivity index (χ0) is 26.9. The van der Waals surface area contributed by atoms with Gasteiger partial charge in [-0.2, -0.15) is 0 Å². The van der Waals surface area contributed by atoms with Crippen molar-refractivity contribution in [2.24, 2.45) is 5.92 Å². The highest BCUT2D eigenvalue weighted by atomic mass is 16.7. The van der Waals surface area contributed by atoms with E-state index in [9.17, 15) is 35.4 Å². The molecule has 1 aromatic heterocycles. The molecule has 0 saturated carbocycles. The number of carbonyl (C=O) groups excluding carboxylic acids is 1. The van der Waals surface area contributed by atoms with Crippen LogP contribution >= 0.6 is 0 Å². The van der Waals surface area contributed by atoms with Gasteiger partial charge in [-0.15, -0.1) is 5.52 Å². The van der Waals surface area contributed by atoms with E-state index in [-0.39, 0.29) is 29.9 Å². The molecule has 0 radical (unpaired) electrons. The third-order valence-corrected chi connectivity index (χ3v) is 6.88. The Hall–Kier alpha value is -2.83. The molecule has 1 fully saturated rings. The third kappa shape index (κ3) is 5.27. The highest BCUT2D eigenvalue weighted by molar-refractivity contribution is 5.91. The molecule has 0 aliphatic carbocycles. The second-order valence-corrected chi connectivity index (χ2v) is 9.75. The first kappa shape index (κ1) is 27.2. The van der Waals surface area contributed by atoms with Gasteiger partial charge in [0.15, 0.2) is 6.10 Å². The number of rotatable bonds is 9. The van der Waals surface area contributed by atoms with Gasteiger partial charge >= 0.3 is 5.97 Å². The molecule has 37 heavy (non-hydrogen) atoms. The zero-order valence-electron chi connectivity index (χ0n) is 20.6. The molecule has 6 N–H and O–H groups in total. The van der Waals surface area contributed by atoms with Gasteiger partial charge in [0, 0.05) is 5.39 Å². The number of hydrogen-bond donors (Lipinski definition) is 6. The summed E-state index contributed by atoms with van der Waals surface area (Å²) in [7, 11) is 0. The first-order chi connectivity index (χ1) is 17.6. The van der Waals surface area contributed by atoms with Crippen LogP contribution in [-0.2, 0) is 29.2 Å². The molecule has 2 heterocycles. The van der Waals surface area contributed by atoms with Crippen LogP contribution in [0, 0.1) is 5.92 Å². The highest BCUT2D eigenvalue weighted by Crippen LogP contribution is 2.36. The number of aromatic nitrogens is 1. The second-order valence-electron chi connectivity index (χ2n) is 9.75. The molecule has 1 saturated heterocycles. The van der Waals surface area contributed by atoms with Crippen molar-refractivity contribution in [2.45, 2.75) is 63.5 Å². The van der Waals surface area contributed by atoms with Crippen molar-refractivity contribution < 1.29 is 44.9 Å². The van der Waals surface area contributed by atoms with Gasteiger partial charge in [-0.3, -0.25) is 0 Å². The van der Waals surface area contributed by atoms with Crippen molar-refractivity contribution in [3.8, 4) is 5.75 Å². The van der Waals surface area contributed by atoms with Gasteiger partial charge in [0.1, 0.15) is 18.0 Å². The number of esters is 1. The molecule has 4 rings (SSSR count). The number of benzene rings is 2. The maximum Gasteiger partial charge on any atom is 0.343 e. The molecule has 0 spiro atoms. The Morgan fingerprint density at radius 3 is 2.46 bits per heavy atom. The number of aliphatic hydroxyl groups excluding tert-OH is 5. The Labute approximate surface area is 213 Å². The topological polar surface area (TPSA) is 171 Å². The van der Waals surface area contributed by atoms with E-state index in [1.54, 1.807) is 6.07 Å². The average Bonchev–Trinajstić information content (AvgIpc) is 3.36. The molecule has 2 aromatic carbocycles. The number of carbonyl (C=O) groups is 1. The Bertz CT molecular complexity index is 1260. The number of aliphatic hydroxyl groups is 6. The van der Waals surface area contributed by atoms with Crippen LogP contribution < -0.4 is 9.72 Å². The van der Waals surface area contributed by atoms with Crippen LogP contribution in [0.15, 0.2) is 42.5 Å². The lowest BCUT2D eigenvalue weighted by Gasteiger charge is -2.23. The highest BCUT2D eigenvalue weighted by Gasteiger charge is 2.56. The van der Waals surface area contributed by atoms with Gasteiger partial charge in [0.2, 0.25) is 5.79 Å². The van der Waals surface area contributed by atoms with Crippen molar-refractivity contribution >= 4 is 16.9 Å². The van der Waals surface area contributed by atoms with Crippen molar-refractivity contribution in [2.75, 3.05) is 6.61 Å². The standard InChI is InChI=1S/C27H32NO9/c1-14(2)18(17-5-3-4-16(8-17)11-29)9-15-6-7-20-19(10-15)23(21(12-30)28-20)36-26(34)24-22(32)25(33)27(35,13-31)37-24/h3-8,10,14,18,22,24-25,29-33,35H,9,11-13H2,1-2H3/q-1/t18-,22-,24+,25+,27-/m0/s1. The van der Waals surface area contributed by atoms with Crippen LogP contribution in [0.2, 0.25) is 0 Å². The summed E-state index contributed by atoms with van der Waals surface area (Å²) in [5.41, 5.74) is 3.43. The van der Waals surface area contributed by atoms with E-state index in [0.717, 1.165) is 16.7 Å². The maximum absolute atomic E-state index is 12.8. The summed E-state index contributed by atoms with van der Waals surface area (Å²) in [5.74, 6) is -3.23. The summed E-state index contributed by atoms with van der Waals surface area (Å²) in [6.45, 7) is 2.62. The fourth-order valence-electron chi connectivity index (χ4n) is 4.75. The Morgan fingerprint density at radius 2 is 1.84 bits per heavy atom. The SMILES string of the molecule is CC(C)[C@H](Cc1ccc2[n-]c(CO)c(OC(=O)[C@@H]3O[C@@](O)(CO)[C@H](O)[C@H]3O)c2c1)c1cccc(CO)c1. The van der Waals surface area contributed by atoms with Gasteiger partial charge in [-0.1, -0.05) is 55.9 Å². The molecule has 0 unspecified atom stereocenters. The quantitative estimate of drug-likeness (QED) is 0.221. The van der Waals surface area contributed by atoms with E-state index in [0.29, 0.717) is 17.3 Å². The van der Waals surface area contributed by atoms with Crippen LogP contribution in [0.1, 0.15) is 42.1 Å². The molecule has 0 bridgehead atoms. The van der Waals surface area contributed by atoms with Crippen LogP contribution in [0.5, 0.6) is 5.75 Å². The minimum Gasteiger partial charge on any atom is -0.656 e. The first-order valence-electron chi connectivity index (χ1n) is 12.1. The fraction of sp³-hybridized carbons (Fsp3) is 0.444. The van der Waals surface area contributed by atoms with Crippen LogP contribution in [0.25, 0.3) is 10.9 Å². The predicted molar refractivity (Wildman–Crippen MR) is 131 cm³/mol. The van der Waals surface area contributed by atoms with Gasteiger partial charge in [-0.25, -0.2) is 4.79 Å². The monoisotopic (exact) mass is 514 g/mol. The van der Waals surface area contributed by atoms with Gasteiger partial charge in [0.25, 0.3) is 0 Å². The summed E-state index contributed by atoms with van der Waals surface area (Å²) in [4.78, 5) is 17.2. The normalized spacial score (nSPS) is 24.6. The van der Waals surface area contributed by atoms with E-state index in [4.69, 9.17) is 9.47 Å². The lowest BCUT2D eigenvalue weighted by Crippen LogP contribution is -2.46. The minimum atomic E-state index is -2.51. The lowest BCUT2D eigenvalue weighted by molar-refractivity contribution is -0.246. The van der Waals surface area contributed by atoms with E-state index in [2.05, 4.69) is 18.8 Å². The number of nitrogens with zero attached hydrogens (tertiary/aromatic N) is 1. The third-order valence-electron chi connectivity index (χ3n) is 6.88. The van der Waals surface area contributed by atoms with Gasteiger partial charge in [0.05, 0.1) is 19.8 Å². The summed E-state index contributed by atoms with van der Waals surface area (Å²) in [5, 5.41) is 59.4. The second kappa shape index (κ2) is 10.9. The molecule has 0 amide bonds. The Morgan fingerprint density at radius 1 is 1.08 bits per heavy atom. The van der Waals surface area contributed by atoms with Crippen molar-refractivity contribution in [1.82, 2.24) is 4.98 Å². The molecule has 5 atom stereocenters. The molecular formula is C27H32NO9-. The number of fused-ring (bicyclic) bond motifs is 1. The summed E-state index contributed by atoms with van der Waals surface area (Å²) >= 11 is 0. The van der Waals surface area contributed by atoms with Crippen molar-refractivity contribution in [3.05, 3.63) is 64.8 Å². The summed E-state index contributed by atoms with van der Waals surface area (Å²) < 4.78 is 10.5. The van der Waals surface area contributed by atoms with Crippen molar-refractivity contribution in [3.63, 3.8) is 0 Å². The van der Waals surface area contributed by atoms with E-state index in [1.165, 1.54) is 0 Å². The van der Waals surface area contributed by atoms with E-state index < -0.39 is 43.3 Å². The van der Waals surface area contributed by atoms with Crippen LogP contribution in [-0.4, -0.2) is 67.3 Å².